The fraction of sp³-hybridized carbons (Fsp3) is 0.278. The highest BCUT2D eigenvalue weighted by Gasteiger charge is 2.21. The summed E-state index contributed by atoms with van der Waals surface area (Å²) in [5, 5.41) is 0.546. The third kappa shape index (κ3) is 3.61. The number of oxazole rings is 1. The summed E-state index contributed by atoms with van der Waals surface area (Å²) >= 11 is 1.35. The summed E-state index contributed by atoms with van der Waals surface area (Å²) in [6.45, 7) is 3.14. The van der Waals surface area contributed by atoms with Gasteiger partial charge in [-0.25, -0.2) is 4.98 Å². The summed E-state index contributed by atoms with van der Waals surface area (Å²) in [6.07, 6.45) is 3.59. The van der Waals surface area contributed by atoms with Crippen LogP contribution in [0.5, 0.6) is 0 Å². The number of amides is 1. The zero-order chi connectivity index (χ0) is 17.1. The first-order valence-electron chi connectivity index (χ1n) is 8.21. The van der Waals surface area contributed by atoms with Crippen molar-refractivity contribution in [2.45, 2.75) is 5.22 Å². The molecule has 6 nitrogen and oxygen atoms in total. The van der Waals surface area contributed by atoms with Crippen molar-refractivity contribution in [3.8, 4) is 0 Å². The normalized spacial score (nSPS) is 14.9. The van der Waals surface area contributed by atoms with Crippen LogP contribution in [0.4, 0.5) is 5.69 Å². The number of piperazine rings is 1. The molecule has 0 radical (unpaired) electrons. The highest BCUT2D eigenvalue weighted by atomic mass is 32.2. The van der Waals surface area contributed by atoms with Crippen molar-refractivity contribution in [1.82, 2.24) is 14.9 Å². The van der Waals surface area contributed by atoms with E-state index < -0.39 is 0 Å². The zero-order valence-electron chi connectivity index (χ0n) is 13.7. The predicted molar refractivity (Wildman–Crippen MR) is 97.8 cm³/mol. The third-order valence-electron chi connectivity index (χ3n) is 4.25. The molecule has 128 valence electrons. The number of benzene rings is 1. The largest absolute Gasteiger partial charge is 0.431 e. The van der Waals surface area contributed by atoms with E-state index in [1.54, 1.807) is 12.4 Å². The molecule has 25 heavy (non-hydrogen) atoms. The minimum Gasteiger partial charge on any atom is -0.431 e. The average Bonchev–Trinajstić information content (AvgIpc) is 3.10. The summed E-state index contributed by atoms with van der Waals surface area (Å²) in [5.41, 5.74) is 2.73. The molecule has 1 amide bonds. The number of fused-ring (bicyclic) bond motifs is 1. The van der Waals surface area contributed by atoms with Crippen LogP contribution in [0.15, 0.2) is 58.4 Å². The Bertz CT molecular complexity index is 827. The van der Waals surface area contributed by atoms with Gasteiger partial charge in [-0.05, 0) is 24.3 Å². The van der Waals surface area contributed by atoms with Crippen molar-refractivity contribution in [2.24, 2.45) is 0 Å². The molecule has 1 fully saturated rings. The van der Waals surface area contributed by atoms with Gasteiger partial charge in [0.2, 0.25) is 5.91 Å². The molecule has 4 rings (SSSR count). The molecule has 1 aliphatic rings. The Kier molecular flexibility index (Phi) is 4.56. The smallest absolute Gasteiger partial charge is 0.257 e. The molecule has 7 heteroatoms. The van der Waals surface area contributed by atoms with Gasteiger partial charge in [-0.1, -0.05) is 23.9 Å². The molecule has 0 spiro atoms. The molecule has 0 saturated carbocycles. The van der Waals surface area contributed by atoms with Gasteiger partial charge >= 0.3 is 0 Å². The van der Waals surface area contributed by atoms with E-state index in [0.29, 0.717) is 11.0 Å². The zero-order valence-corrected chi connectivity index (χ0v) is 14.5. The molecule has 0 bridgehead atoms. The summed E-state index contributed by atoms with van der Waals surface area (Å²) in [6, 6.07) is 11.6. The van der Waals surface area contributed by atoms with Crippen molar-refractivity contribution in [1.29, 1.82) is 0 Å². The van der Waals surface area contributed by atoms with E-state index in [9.17, 15) is 4.79 Å². The van der Waals surface area contributed by atoms with Gasteiger partial charge in [-0.15, -0.1) is 0 Å². The lowest BCUT2D eigenvalue weighted by Gasteiger charge is -2.36. The lowest BCUT2D eigenvalue weighted by molar-refractivity contribution is -0.128. The number of aromatic nitrogens is 2. The predicted octanol–water partition coefficient (Wildman–Crippen LogP) is 2.66. The maximum atomic E-state index is 12.4. The SMILES string of the molecule is O=C(CSc1nc2ccccc2o1)N1CCN(c2ccncc2)CC1. The number of para-hydroxylation sites is 2. The second-order valence-electron chi connectivity index (χ2n) is 5.81. The lowest BCUT2D eigenvalue weighted by atomic mass is 10.2. The molecule has 0 atom stereocenters. The minimum absolute atomic E-state index is 0.127. The van der Waals surface area contributed by atoms with E-state index in [2.05, 4.69) is 14.9 Å². The Balaban J connectivity index is 1.30. The van der Waals surface area contributed by atoms with E-state index >= 15 is 0 Å². The van der Waals surface area contributed by atoms with E-state index in [-0.39, 0.29) is 5.91 Å². The molecule has 0 N–H and O–H groups in total. The van der Waals surface area contributed by atoms with Gasteiger partial charge in [0.1, 0.15) is 5.52 Å². The standard InChI is InChI=1S/C18H18N4O2S/c23-17(13-25-18-20-15-3-1-2-4-16(15)24-18)22-11-9-21(10-12-22)14-5-7-19-8-6-14/h1-8H,9-13H2. The Morgan fingerprint density at radius 2 is 1.84 bits per heavy atom. The van der Waals surface area contributed by atoms with Crippen molar-refractivity contribution in [3.05, 3.63) is 48.8 Å². The number of thioether (sulfide) groups is 1. The van der Waals surface area contributed by atoms with Crippen LogP contribution >= 0.6 is 11.8 Å². The molecule has 1 saturated heterocycles. The molecular formula is C18H18N4O2S. The highest BCUT2D eigenvalue weighted by molar-refractivity contribution is 7.99. The molecular weight excluding hydrogens is 336 g/mol. The van der Waals surface area contributed by atoms with Crippen LogP contribution < -0.4 is 4.90 Å². The number of anilines is 1. The van der Waals surface area contributed by atoms with Gasteiger partial charge in [-0.3, -0.25) is 9.78 Å². The van der Waals surface area contributed by atoms with Gasteiger partial charge in [-0.2, -0.15) is 0 Å². The Labute approximate surface area is 149 Å². The van der Waals surface area contributed by atoms with E-state index in [1.807, 2.05) is 41.3 Å². The number of hydrogen-bond donors (Lipinski definition) is 0. The molecule has 2 aromatic heterocycles. The number of carbonyl (C=O) groups is 1. The monoisotopic (exact) mass is 354 g/mol. The topological polar surface area (TPSA) is 62.5 Å². The van der Waals surface area contributed by atoms with Gasteiger partial charge in [0, 0.05) is 44.3 Å². The van der Waals surface area contributed by atoms with Crippen molar-refractivity contribution in [2.75, 3.05) is 36.8 Å². The van der Waals surface area contributed by atoms with Crippen LogP contribution in [0.1, 0.15) is 0 Å². The number of nitrogens with zero attached hydrogens (tertiary/aromatic N) is 4. The van der Waals surface area contributed by atoms with Crippen molar-refractivity contribution >= 4 is 34.5 Å². The first-order chi connectivity index (χ1) is 12.3. The fourth-order valence-corrected chi connectivity index (χ4v) is 3.64. The Morgan fingerprint density at radius 1 is 1.08 bits per heavy atom. The van der Waals surface area contributed by atoms with Gasteiger partial charge < -0.3 is 14.2 Å². The maximum absolute atomic E-state index is 12.4. The second kappa shape index (κ2) is 7.14. The van der Waals surface area contributed by atoms with Crippen LogP contribution in [0, 0.1) is 0 Å². The summed E-state index contributed by atoms with van der Waals surface area (Å²) in [4.78, 5) is 25.1. The van der Waals surface area contributed by atoms with Crippen molar-refractivity contribution in [3.63, 3.8) is 0 Å². The van der Waals surface area contributed by atoms with Gasteiger partial charge in [0.25, 0.3) is 5.22 Å². The molecule has 0 aliphatic carbocycles. The van der Waals surface area contributed by atoms with E-state index in [0.717, 1.165) is 43.0 Å². The summed E-state index contributed by atoms with van der Waals surface area (Å²) in [5.74, 6) is 0.476. The minimum atomic E-state index is 0.127. The second-order valence-corrected chi connectivity index (χ2v) is 6.74. The first kappa shape index (κ1) is 16.0. The first-order valence-corrected chi connectivity index (χ1v) is 9.19. The van der Waals surface area contributed by atoms with Gasteiger partial charge in [0.05, 0.1) is 5.75 Å². The van der Waals surface area contributed by atoms with Crippen LogP contribution in [-0.2, 0) is 4.79 Å². The van der Waals surface area contributed by atoms with Crippen LogP contribution in [0.2, 0.25) is 0 Å². The average molecular weight is 354 g/mol. The summed E-state index contributed by atoms with van der Waals surface area (Å²) < 4.78 is 5.65. The Hall–Kier alpha value is -2.54. The number of rotatable bonds is 4. The summed E-state index contributed by atoms with van der Waals surface area (Å²) in [7, 11) is 0. The quantitative estimate of drug-likeness (QED) is 0.671. The van der Waals surface area contributed by atoms with Crippen LogP contribution in [0.25, 0.3) is 11.1 Å². The van der Waals surface area contributed by atoms with E-state index in [1.165, 1.54) is 11.8 Å². The number of pyridine rings is 1. The molecule has 1 aliphatic heterocycles. The molecule has 1 aromatic carbocycles. The lowest BCUT2D eigenvalue weighted by Crippen LogP contribution is -2.49. The number of carbonyl (C=O) groups excluding carboxylic acids is 1. The van der Waals surface area contributed by atoms with Crippen LogP contribution in [-0.4, -0.2) is 52.7 Å². The highest BCUT2D eigenvalue weighted by Crippen LogP contribution is 2.23. The van der Waals surface area contributed by atoms with E-state index in [4.69, 9.17) is 4.42 Å². The molecule has 3 heterocycles. The maximum Gasteiger partial charge on any atom is 0.257 e. The third-order valence-corrected chi connectivity index (χ3v) is 5.07. The fourth-order valence-electron chi connectivity index (χ4n) is 2.90. The number of hydrogen-bond acceptors (Lipinski definition) is 6. The molecule has 3 aromatic rings. The van der Waals surface area contributed by atoms with Gasteiger partial charge in [0.15, 0.2) is 5.58 Å². The van der Waals surface area contributed by atoms with Crippen LogP contribution in [0.3, 0.4) is 0 Å². The van der Waals surface area contributed by atoms with Crippen molar-refractivity contribution < 1.29 is 9.21 Å². The molecule has 0 unspecified atom stereocenters. The Morgan fingerprint density at radius 3 is 2.60 bits per heavy atom.